The van der Waals surface area contributed by atoms with Crippen molar-refractivity contribution in [3.63, 3.8) is 0 Å². The van der Waals surface area contributed by atoms with Crippen LogP contribution in [-0.2, 0) is 13.1 Å². The summed E-state index contributed by atoms with van der Waals surface area (Å²) in [5, 5.41) is 3.52. The highest BCUT2D eigenvalue weighted by molar-refractivity contribution is 5.03. The Kier molecular flexibility index (Phi) is 2.87. The van der Waals surface area contributed by atoms with E-state index in [1.54, 1.807) is 0 Å². The number of rotatable bonds is 4. The topological polar surface area (TPSA) is 29.9 Å². The van der Waals surface area contributed by atoms with Crippen molar-refractivity contribution in [3.05, 3.63) is 17.7 Å². The summed E-state index contributed by atoms with van der Waals surface area (Å²) in [4.78, 5) is 4.51. The lowest BCUT2D eigenvalue weighted by atomic mass is 9.93. The van der Waals surface area contributed by atoms with Crippen molar-refractivity contribution in [1.29, 1.82) is 0 Å². The van der Waals surface area contributed by atoms with Crippen LogP contribution in [0.5, 0.6) is 0 Å². The van der Waals surface area contributed by atoms with E-state index in [1.165, 1.54) is 25.0 Å². The van der Waals surface area contributed by atoms with Crippen molar-refractivity contribution in [2.75, 3.05) is 0 Å². The Labute approximate surface area is 85.5 Å². The zero-order chi connectivity index (χ0) is 9.97. The first kappa shape index (κ1) is 9.71. The molecule has 1 aliphatic rings. The van der Waals surface area contributed by atoms with Crippen molar-refractivity contribution in [2.45, 2.75) is 52.2 Å². The molecular weight excluding hydrogens is 174 g/mol. The molecule has 0 amide bonds. The Hall–Kier alpha value is -0.830. The highest BCUT2D eigenvalue weighted by Crippen LogP contribution is 2.18. The second-order valence-corrected chi connectivity index (χ2v) is 4.07. The molecule has 0 atom stereocenters. The predicted octanol–water partition coefficient (Wildman–Crippen LogP) is 1.85. The standard InChI is InChI=1S/C11H19N3/c1-3-14-8-11(13-9(14)2)7-12-10-5-4-6-10/h8,10,12H,3-7H2,1-2H3. The molecule has 1 N–H and O–H groups in total. The largest absolute Gasteiger partial charge is 0.335 e. The first-order valence-electron chi connectivity index (χ1n) is 5.55. The number of imidazole rings is 1. The van der Waals surface area contributed by atoms with Crippen LogP contribution in [0.2, 0.25) is 0 Å². The molecule has 0 saturated heterocycles. The second-order valence-electron chi connectivity index (χ2n) is 4.07. The van der Waals surface area contributed by atoms with Crippen molar-refractivity contribution in [3.8, 4) is 0 Å². The molecule has 1 aromatic heterocycles. The zero-order valence-electron chi connectivity index (χ0n) is 9.08. The smallest absolute Gasteiger partial charge is 0.105 e. The molecule has 1 aromatic rings. The quantitative estimate of drug-likeness (QED) is 0.791. The molecule has 1 aliphatic carbocycles. The van der Waals surface area contributed by atoms with Gasteiger partial charge in [0, 0.05) is 25.3 Å². The lowest BCUT2D eigenvalue weighted by Crippen LogP contribution is -2.34. The maximum absolute atomic E-state index is 4.51. The Bertz CT molecular complexity index is 299. The Morgan fingerprint density at radius 2 is 2.36 bits per heavy atom. The van der Waals surface area contributed by atoms with Crippen LogP contribution in [-0.4, -0.2) is 15.6 Å². The van der Waals surface area contributed by atoms with Crippen molar-refractivity contribution in [1.82, 2.24) is 14.9 Å². The molecule has 0 spiro atoms. The summed E-state index contributed by atoms with van der Waals surface area (Å²) in [7, 11) is 0. The minimum Gasteiger partial charge on any atom is -0.335 e. The van der Waals surface area contributed by atoms with Crippen molar-refractivity contribution >= 4 is 0 Å². The van der Waals surface area contributed by atoms with Crippen LogP contribution < -0.4 is 5.32 Å². The van der Waals surface area contributed by atoms with E-state index in [0.717, 1.165) is 25.0 Å². The molecular formula is C11H19N3. The van der Waals surface area contributed by atoms with E-state index in [9.17, 15) is 0 Å². The maximum atomic E-state index is 4.51. The summed E-state index contributed by atoms with van der Waals surface area (Å²) in [6.45, 7) is 6.16. The highest BCUT2D eigenvalue weighted by Gasteiger charge is 2.16. The van der Waals surface area contributed by atoms with E-state index < -0.39 is 0 Å². The zero-order valence-corrected chi connectivity index (χ0v) is 9.08. The number of aryl methyl sites for hydroxylation is 2. The van der Waals surface area contributed by atoms with Gasteiger partial charge < -0.3 is 9.88 Å². The lowest BCUT2D eigenvalue weighted by Gasteiger charge is -2.26. The SMILES string of the molecule is CCn1cc(CNC2CCC2)nc1C. The molecule has 14 heavy (non-hydrogen) atoms. The number of hydrogen-bond donors (Lipinski definition) is 1. The van der Waals surface area contributed by atoms with Gasteiger partial charge in [0.05, 0.1) is 5.69 Å². The summed E-state index contributed by atoms with van der Waals surface area (Å²) in [5.74, 6) is 1.12. The molecule has 0 radical (unpaired) electrons. The van der Waals surface area contributed by atoms with Crippen molar-refractivity contribution in [2.24, 2.45) is 0 Å². The van der Waals surface area contributed by atoms with E-state index in [-0.39, 0.29) is 0 Å². The first-order chi connectivity index (χ1) is 6.79. The van der Waals surface area contributed by atoms with E-state index >= 15 is 0 Å². The van der Waals surface area contributed by atoms with Crippen LogP contribution in [0.15, 0.2) is 6.20 Å². The fourth-order valence-electron chi connectivity index (χ4n) is 1.84. The minimum absolute atomic E-state index is 0.752. The van der Waals surface area contributed by atoms with Gasteiger partial charge >= 0.3 is 0 Å². The van der Waals surface area contributed by atoms with Gasteiger partial charge in [0.2, 0.25) is 0 Å². The van der Waals surface area contributed by atoms with Gasteiger partial charge in [-0.2, -0.15) is 0 Å². The fourth-order valence-corrected chi connectivity index (χ4v) is 1.84. The van der Waals surface area contributed by atoms with Crippen LogP contribution >= 0.6 is 0 Å². The van der Waals surface area contributed by atoms with Crippen LogP contribution in [0.25, 0.3) is 0 Å². The van der Waals surface area contributed by atoms with E-state index in [1.807, 2.05) is 0 Å². The van der Waals surface area contributed by atoms with Crippen molar-refractivity contribution < 1.29 is 0 Å². The Balaban J connectivity index is 1.88. The van der Waals surface area contributed by atoms with Gasteiger partial charge in [-0.25, -0.2) is 4.98 Å². The second kappa shape index (κ2) is 4.13. The Morgan fingerprint density at radius 3 is 2.86 bits per heavy atom. The van der Waals surface area contributed by atoms with Crippen LogP contribution in [0, 0.1) is 6.92 Å². The third-order valence-electron chi connectivity index (χ3n) is 3.04. The summed E-state index contributed by atoms with van der Waals surface area (Å²) in [6, 6.07) is 0.752. The molecule has 2 rings (SSSR count). The third kappa shape index (κ3) is 1.98. The molecule has 78 valence electrons. The van der Waals surface area contributed by atoms with E-state index in [2.05, 4.69) is 34.9 Å². The average Bonchev–Trinajstić information content (AvgIpc) is 2.44. The molecule has 3 heteroatoms. The molecule has 1 fully saturated rings. The predicted molar refractivity (Wildman–Crippen MR) is 57.1 cm³/mol. The number of hydrogen-bond acceptors (Lipinski definition) is 2. The Morgan fingerprint density at radius 1 is 1.57 bits per heavy atom. The minimum atomic E-state index is 0.752. The summed E-state index contributed by atoms with van der Waals surface area (Å²) in [5.41, 5.74) is 1.18. The van der Waals surface area contributed by atoms with Gasteiger partial charge in [-0.3, -0.25) is 0 Å². The van der Waals surface area contributed by atoms with Crippen LogP contribution in [0.1, 0.15) is 37.7 Å². The lowest BCUT2D eigenvalue weighted by molar-refractivity contribution is 0.337. The van der Waals surface area contributed by atoms with Gasteiger partial charge in [-0.15, -0.1) is 0 Å². The first-order valence-corrected chi connectivity index (χ1v) is 5.55. The van der Waals surface area contributed by atoms with Gasteiger partial charge in [0.15, 0.2) is 0 Å². The molecule has 1 heterocycles. The molecule has 1 saturated carbocycles. The third-order valence-corrected chi connectivity index (χ3v) is 3.04. The van der Waals surface area contributed by atoms with E-state index in [4.69, 9.17) is 0 Å². The summed E-state index contributed by atoms with van der Waals surface area (Å²) < 4.78 is 2.19. The maximum Gasteiger partial charge on any atom is 0.105 e. The number of nitrogens with one attached hydrogen (secondary N) is 1. The van der Waals surface area contributed by atoms with Gasteiger partial charge in [-0.05, 0) is 26.7 Å². The average molecular weight is 193 g/mol. The van der Waals surface area contributed by atoms with Gasteiger partial charge in [0.1, 0.15) is 5.82 Å². The summed E-state index contributed by atoms with van der Waals surface area (Å²) >= 11 is 0. The monoisotopic (exact) mass is 193 g/mol. The molecule has 0 aromatic carbocycles. The molecule has 0 aliphatic heterocycles. The van der Waals surface area contributed by atoms with Crippen LogP contribution in [0.4, 0.5) is 0 Å². The van der Waals surface area contributed by atoms with Gasteiger partial charge in [0.25, 0.3) is 0 Å². The molecule has 3 nitrogen and oxygen atoms in total. The molecule has 0 unspecified atom stereocenters. The van der Waals surface area contributed by atoms with Gasteiger partial charge in [-0.1, -0.05) is 6.42 Å². The fraction of sp³-hybridized carbons (Fsp3) is 0.727. The van der Waals surface area contributed by atoms with Crippen LogP contribution in [0.3, 0.4) is 0 Å². The number of nitrogens with zero attached hydrogens (tertiary/aromatic N) is 2. The highest BCUT2D eigenvalue weighted by atomic mass is 15.1. The van der Waals surface area contributed by atoms with E-state index in [0.29, 0.717) is 0 Å². The number of aromatic nitrogens is 2. The molecule has 0 bridgehead atoms. The summed E-state index contributed by atoms with van der Waals surface area (Å²) in [6.07, 6.45) is 6.22. The normalized spacial score (nSPS) is 17.0.